The van der Waals surface area contributed by atoms with Gasteiger partial charge in [0, 0.05) is 6.07 Å². The van der Waals surface area contributed by atoms with Crippen LogP contribution in [0.1, 0.15) is 5.56 Å². The van der Waals surface area contributed by atoms with Gasteiger partial charge in [-0.15, -0.1) is 0 Å². The van der Waals surface area contributed by atoms with Crippen molar-refractivity contribution >= 4 is 11.7 Å². The summed E-state index contributed by atoms with van der Waals surface area (Å²) in [5.41, 5.74) is 0.583. The summed E-state index contributed by atoms with van der Waals surface area (Å²) in [5, 5.41) is 10.7. The van der Waals surface area contributed by atoms with E-state index in [1.54, 1.807) is 18.2 Å². The first-order valence-electron chi connectivity index (χ1n) is 6.95. The SMILES string of the molecule is O=C(Cc1ccc2c(c1)OCCO2)Oc1cccc([N+](=O)[O-])c1. The van der Waals surface area contributed by atoms with Crippen LogP contribution in [-0.4, -0.2) is 24.1 Å². The zero-order valence-corrected chi connectivity index (χ0v) is 12.1. The van der Waals surface area contributed by atoms with Gasteiger partial charge in [0.15, 0.2) is 11.5 Å². The van der Waals surface area contributed by atoms with Gasteiger partial charge in [0.2, 0.25) is 0 Å². The van der Waals surface area contributed by atoms with Crippen molar-refractivity contribution in [2.24, 2.45) is 0 Å². The molecule has 2 aromatic carbocycles. The van der Waals surface area contributed by atoms with E-state index in [-0.39, 0.29) is 17.9 Å². The van der Waals surface area contributed by atoms with E-state index >= 15 is 0 Å². The first kappa shape index (κ1) is 14.8. The summed E-state index contributed by atoms with van der Waals surface area (Å²) in [6.07, 6.45) is 0.0271. The Bertz CT molecular complexity index is 758. The lowest BCUT2D eigenvalue weighted by atomic mass is 10.1. The number of nitro benzene ring substituents is 1. The minimum absolute atomic E-state index is 0.0271. The molecule has 0 amide bonds. The number of fused-ring (bicyclic) bond motifs is 1. The number of carbonyl (C=O) groups excluding carboxylic acids is 1. The molecular weight excluding hydrogens is 302 g/mol. The quantitative estimate of drug-likeness (QED) is 0.373. The van der Waals surface area contributed by atoms with Crippen molar-refractivity contribution < 1.29 is 23.9 Å². The highest BCUT2D eigenvalue weighted by Crippen LogP contribution is 2.31. The van der Waals surface area contributed by atoms with Gasteiger partial charge in [0.25, 0.3) is 5.69 Å². The molecule has 7 nitrogen and oxygen atoms in total. The minimum Gasteiger partial charge on any atom is -0.486 e. The first-order chi connectivity index (χ1) is 11.1. The Morgan fingerprint density at radius 1 is 1.13 bits per heavy atom. The lowest BCUT2D eigenvalue weighted by Gasteiger charge is -2.18. The van der Waals surface area contributed by atoms with Gasteiger partial charge in [-0.2, -0.15) is 0 Å². The summed E-state index contributed by atoms with van der Waals surface area (Å²) in [4.78, 5) is 22.1. The number of ether oxygens (including phenoxy) is 3. The zero-order valence-electron chi connectivity index (χ0n) is 12.1. The third-order valence-electron chi connectivity index (χ3n) is 3.22. The molecule has 0 N–H and O–H groups in total. The summed E-state index contributed by atoms with van der Waals surface area (Å²) in [7, 11) is 0. The van der Waals surface area contributed by atoms with Crippen LogP contribution in [0.3, 0.4) is 0 Å². The maximum absolute atomic E-state index is 12.0. The van der Waals surface area contributed by atoms with Crippen molar-refractivity contribution in [3.8, 4) is 17.2 Å². The first-order valence-corrected chi connectivity index (χ1v) is 6.95. The van der Waals surface area contributed by atoms with Gasteiger partial charge in [-0.25, -0.2) is 0 Å². The van der Waals surface area contributed by atoms with E-state index in [1.807, 2.05) is 0 Å². The third-order valence-corrected chi connectivity index (χ3v) is 3.22. The standard InChI is InChI=1S/C16H13NO6/c18-16(23-13-3-1-2-12(10-13)17(19)20)9-11-4-5-14-15(8-11)22-7-6-21-14/h1-5,8,10H,6-7,9H2. The van der Waals surface area contributed by atoms with E-state index in [0.29, 0.717) is 30.3 Å². The highest BCUT2D eigenvalue weighted by atomic mass is 16.6. The fourth-order valence-electron chi connectivity index (χ4n) is 2.19. The van der Waals surface area contributed by atoms with Gasteiger partial charge in [0.1, 0.15) is 19.0 Å². The second kappa shape index (κ2) is 6.35. The van der Waals surface area contributed by atoms with Gasteiger partial charge in [-0.3, -0.25) is 14.9 Å². The molecule has 7 heteroatoms. The number of hydrogen-bond acceptors (Lipinski definition) is 6. The van der Waals surface area contributed by atoms with Crippen molar-refractivity contribution in [1.82, 2.24) is 0 Å². The molecule has 3 rings (SSSR count). The van der Waals surface area contributed by atoms with Gasteiger partial charge < -0.3 is 14.2 Å². The van der Waals surface area contributed by atoms with Crippen molar-refractivity contribution in [3.63, 3.8) is 0 Å². The number of benzene rings is 2. The number of non-ortho nitro benzene ring substituents is 1. The maximum atomic E-state index is 12.0. The number of hydrogen-bond donors (Lipinski definition) is 0. The molecule has 0 saturated carbocycles. The molecule has 0 aliphatic carbocycles. The Morgan fingerprint density at radius 2 is 1.91 bits per heavy atom. The summed E-state index contributed by atoms with van der Waals surface area (Å²) in [6.45, 7) is 0.968. The lowest BCUT2D eigenvalue weighted by molar-refractivity contribution is -0.384. The van der Waals surface area contributed by atoms with E-state index in [4.69, 9.17) is 14.2 Å². The molecule has 0 radical (unpaired) electrons. The number of nitro groups is 1. The molecule has 0 aromatic heterocycles. The van der Waals surface area contributed by atoms with Crippen LogP contribution >= 0.6 is 0 Å². The second-order valence-corrected chi connectivity index (χ2v) is 4.88. The van der Waals surface area contributed by atoms with Crippen molar-refractivity contribution in [2.45, 2.75) is 6.42 Å². The van der Waals surface area contributed by atoms with Crippen LogP contribution in [0.15, 0.2) is 42.5 Å². The number of nitrogens with zero attached hydrogens (tertiary/aromatic N) is 1. The fraction of sp³-hybridized carbons (Fsp3) is 0.188. The Kier molecular flexibility index (Phi) is 4.09. The Hall–Kier alpha value is -3.09. The predicted octanol–water partition coefficient (Wildman–Crippen LogP) is 2.51. The van der Waals surface area contributed by atoms with Gasteiger partial charge in [0.05, 0.1) is 17.4 Å². The van der Waals surface area contributed by atoms with Crippen LogP contribution in [0.5, 0.6) is 17.2 Å². The topological polar surface area (TPSA) is 87.9 Å². The van der Waals surface area contributed by atoms with Crippen molar-refractivity contribution in [2.75, 3.05) is 13.2 Å². The summed E-state index contributed by atoms with van der Waals surface area (Å²) in [6, 6.07) is 10.7. The molecular formula is C16H13NO6. The van der Waals surface area contributed by atoms with E-state index in [0.717, 1.165) is 0 Å². The molecule has 118 valence electrons. The summed E-state index contributed by atoms with van der Waals surface area (Å²) in [5.74, 6) is 0.868. The zero-order chi connectivity index (χ0) is 16.2. The van der Waals surface area contributed by atoms with Crippen molar-refractivity contribution in [1.29, 1.82) is 0 Å². The third kappa shape index (κ3) is 3.57. The van der Waals surface area contributed by atoms with E-state index in [2.05, 4.69) is 0 Å². The molecule has 0 spiro atoms. The van der Waals surface area contributed by atoms with Gasteiger partial charge in [-0.05, 0) is 23.8 Å². The molecule has 1 heterocycles. The molecule has 1 aliphatic heterocycles. The monoisotopic (exact) mass is 315 g/mol. The fourth-order valence-corrected chi connectivity index (χ4v) is 2.19. The van der Waals surface area contributed by atoms with E-state index in [1.165, 1.54) is 24.3 Å². The summed E-state index contributed by atoms with van der Waals surface area (Å²) < 4.78 is 16.0. The molecule has 0 bridgehead atoms. The van der Waals surface area contributed by atoms with Crippen LogP contribution in [0, 0.1) is 10.1 Å². The number of esters is 1. The molecule has 2 aromatic rings. The van der Waals surface area contributed by atoms with Gasteiger partial charge >= 0.3 is 5.97 Å². The average molecular weight is 315 g/mol. The van der Waals surface area contributed by atoms with Crippen molar-refractivity contribution in [3.05, 3.63) is 58.1 Å². The lowest BCUT2D eigenvalue weighted by Crippen LogP contribution is -2.16. The maximum Gasteiger partial charge on any atom is 0.315 e. The highest BCUT2D eigenvalue weighted by molar-refractivity contribution is 5.75. The predicted molar refractivity (Wildman–Crippen MR) is 79.9 cm³/mol. The van der Waals surface area contributed by atoms with Crippen LogP contribution in [0.2, 0.25) is 0 Å². The van der Waals surface area contributed by atoms with Crippen LogP contribution in [-0.2, 0) is 11.2 Å². The van der Waals surface area contributed by atoms with E-state index in [9.17, 15) is 14.9 Å². The molecule has 0 fully saturated rings. The van der Waals surface area contributed by atoms with Crippen LogP contribution < -0.4 is 14.2 Å². The minimum atomic E-state index is -0.543. The van der Waals surface area contributed by atoms with Gasteiger partial charge in [-0.1, -0.05) is 12.1 Å². The van der Waals surface area contributed by atoms with Crippen LogP contribution in [0.4, 0.5) is 5.69 Å². The number of carbonyl (C=O) groups is 1. The Morgan fingerprint density at radius 3 is 2.70 bits per heavy atom. The molecule has 1 aliphatic rings. The molecule has 23 heavy (non-hydrogen) atoms. The molecule has 0 atom stereocenters. The number of rotatable bonds is 4. The average Bonchev–Trinajstić information content (AvgIpc) is 2.55. The second-order valence-electron chi connectivity index (χ2n) is 4.88. The largest absolute Gasteiger partial charge is 0.486 e. The molecule has 0 unspecified atom stereocenters. The van der Waals surface area contributed by atoms with E-state index < -0.39 is 10.9 Å². The Balaban J connectivity index is 1.67. The van der Waals surface area contributed by atoms with Crippen LogP contribution in [0.25, 0.3) is 0 Å². The highest BCUT2D eigenvalue weighted by Gasteiger charge is 2.15. The Labute approximate surface area is 131 Å². The summed E-state index contributed by atoms with van der Waals surface area (Å²) >= 11 is 0. The normalized spacial score (nSPS) is 12.5. The smallest absolute Gasteiger partial charge is 0.315 e. The molecule has 0 saturated heterocycles.